The van der Waals surface area contributed by atoms with E-state index in [-0.39, 0.29) is 6.10 Å². The van der Waals surface area contributed by atoms with Crippen molar-refractivity contribution in [1.29, 1.82) is 0 Å². The third-order valence-electron chi connectivity index (χ3n) is 3.39. The van der Waals surface area contributed by atoms with E-state index in [1.54, 1.807) is 24.5 Å². The summed E-state index contributed by atoms with van der Waals surface area (Å²) in [5, 5.41) is 10.5. The van der Waals surface area contributed by atoms with E-state index >= 15 is 0 Å². The fraction of sp³-hybridized carbons (Fsp3) is 0.750. The maximum absolute atomic E-state index is 9.47. The molecule has 0 amide bonds. The molecule has 1 saturated heterocycles. The SMILES string of the molecule is CCC1CCN(c2ncc(C(C)O)s2)CC1. The average Bonchev–Trinajstić information content (AvgIpc) is 2.78. The Labute approximate surface area is 101 Å². The zero-order valence-electron chi connectivity index (χ0n) is 10.0. The number of anilines is 1. The lowest BCUT2D eigenvalue weighted by molar-refractivity contribution is 0.203. The molecule has 0 aliphatic carbocycles. The van der Waals surface area contributed by atoms with Gasteiger partial charge in [0.2, 0.25) is 0 Å². The first-order chi connectivity index (χ1) is 7.70. The summed E-state index contributed by atoms with van der Waals surface area (Å²) in [6, 6.07) is 0. The van der Waals surface area contributed by atoms with E-state index in [0.717, 1.165) is 29.0 Å². The van der Waals surface area contributed by atoms with Gasteiger partial charge in [0.15, 0.2) is 5.13 Å². The minimum Gasteiger partial charge on any atom is -0.388 e. The molecular weight excluding hydrogens is 220 g/mol. The Kier molecular flexibility index (Phi) is 3.82. The number of thiazole rings is 1. The summed E-state index contributed by atoms with van der Waals surface area (Å²) in [5.74, 6) is 0.896. The fourth-order valence-electron chi connectivity index (χ4n) is 2.15. The first-order valence-corrected chi connectivity index (χ1v) is 6.91. The van der Waals surface area contributed by atoms with Crippen molar-refractivity contribution in [2.75, 3.05) is 18.0 Å². The summed E-state index contributed by atoms with van der Waals surface area (Å²) in [6.45, 7) is 6.30. The number of piperidine rings is 1. The van der Waals surface area contributed by atoms with Gasteiger partial charge in [-0.05, 0) is 25.7 Å². The molecular formula is C12H20N2OS. The number of hydrogen-bond acceptors (Lipinski definition) is 4. The Bertz CT molecular complexity index is 330. The second-order valence-electron chi connectivity index (χ2n) is 4.56. The molecule has 90 valence electrons. The van der Waals surface area contributed by atoms with E-state index in [9.17, 15) is 5.11 Å². The minimum atomic E-state index is -0.389. The number of aliphatic hydroxyl groups is 1. The molecule has 4 heteroatoms. The van der Waals surface area contributed by atoms with Gasteiger partial charge in [-0.2, -0.15) is 0 Å². The van der Waals surface area contributed by atoms with Gasteiger partial charge in [0, 0.05) is 19.3 Å². The minimum absolute atomic E-state index is 0.389. The predicted octanol–water partition coefficient (Wildman–Crippen LogP) is 2.82. The van der Waals surface area contributed by atoms with Gasteiger partial charge in [0.25, 0.3) is 0 Å². The Morgan fingerprint density at radius 3 is 2.75 bits per heavy atom. The molecule has 16 heavy (non-hydrogen) atoms. The standard InChI is InChI=1S/C12H20N2OS/c1-3-10-4-6-14(7-5-10)12-13-8-11(16-12)9(2)15/h8-10,15H,3-7H2,1-2H3. The normalized spacial score (nSPS) is 20.1. The lowest BCUT2D eigenvalue weighted by Gasteiger charge is -2.31. The van der Waals surface area contributed by atoms with Crippen LogP contribution >= 0.6 is 11.3 Å². The Morgan fingerprint density at radius 2 is 2.25 bits per heavy atom. The summed E-state index contributed by atoms with van der Waals surface area (Å²) < 4.78 is 0. The highest BCUT2D eigenvalue weighted by atomic mass is 32.1. The zero-order chi connectivity index (χ0) is 11.5. The third kappa shape index (κ3) is 2.55. The van der Waals surface area contributed by atoms with E-state index in [0.29, 0.717) is 0 Å². The fourth-order valence-corrected chi connectivity index (χ4v) is 3.05. The monoisotopic (exact) mass is 240 g/mol. The highest BCUT2D eigenvalue weighted by molar-refractivity contribution is 7.15. The molecule has 1 N–H and O–H groups in total. The Morgan fingerprint density at radius 1 is 1.56 bits per heavy atom. The molecule has 0 aromatic carbocycles. The van der Waals surface area contributed by atoms with Crippen LogP contribution in [0.4, 0.5) is 5.13 Å². The van der Waals surface area contributed by atoms with E-state index in [1.165, 1.54) is 19.3 Å². The molecule has 0 spiro atoms. The van der Waals surface area contributed by atoms with Crippen molar-refractivity contribution >= 4 is 16.5 Å². The number of aliphatic hydroxyl groups excluding tert-OH is 1. The van der Waals surface area contributed by atoms with Crippen LogP contribution in [0.2, 0.25) is 0 Å². The highest BCUT2D eigenvalue weighted by Gasteiger charge is 2.20. The summed E-state index contributed by atoms with van der Waals surface area (Å²) in [7, 11) is 0. The predicted molar refractivity (Wildman–Crippen MR) is 68.0 cm³/mol. The van der Waals surface area contributed by atoms with Crippen LogP contribution in [0.15, 0.2) is 6.20 Å². The second kappa shape index (κ2) is 5.15. The van der Waals surface area contributed by atoms with E-state index in [1.807, 2.05) is 0 Å². The van der Waals surface area contributed by atoms with Crippen LogP contribution in [-0.4, -0.2) is 23.2 Å². The van der Waals surface area contributed by atoms with Crippen LogP contribution in [0, 0.1) is 5.92 Å². The van der Waals surface area contributed by atoms with Crippen LogP contribution in [0.1, 0.15) is 44.1 Å². The van der Waals surface area contributed by atoms with Crippen LogP contribution in [0.3, 0.4) is 0 Å². The average molecular weight is 240 g/mol. The molecule has 1 fully saturated rings. The molecule has 0 bridgehead atoms. The molecule has 1 atom stereocenters. The highest BCUT2D eigenvalue weighted by Crippen LogP contribution is 2.30. The number of aromatic nitrogens is 1. The molecule has 1 aromatic heterocycles. The number of nitrogens with zero attached hydrogens (tertiary/aromatic N) is 2. The quantitative estimate of drug-likeness (QED) is 0.882. The molecule has 3 nitrogen and oxygen atoms in total. The van der Waals surface area contributed by atoms with Crippen molar-refractivity contribution in [1.82, 2.24) is 4.98 Å². The van der Waals surface area contributed by atoms with Gasteiger partial charge in [-0.1, -0.05) is 24.7 Å². The van der Waals surface area contributed by atoms with Gasteiger partial charge >= 0.3 is 0 Å². The molecule has 1 aliphatic heterocycles. The zero-order valence-corrected chi connectivity index (χ0v) is 10.8. The number of hydrogen-bond donors (Lipinski definition) is 1. The third-order valence-corrected chi connectivity index (χ3v) is 4.61. The first-order valence-electron chi connectivity index (χ1n) is 6.09. The summed E-state index contributed by atoms with van der Waals surface area (Å²) in [5.41, 5.74) is 0. The Hall–Kier alpha value is -0.610. The van der Waals surface area contributed by atoms with Crippen molar-refractivity contribution in [2.45, 2.75) is 39.2 Å². The lowest BCUT2D eigenvalue weighted by atomic mass is 9.95. The van der Waals surface area contributed by atoms with E-state index in [2.05, 4.69) is 16.8 Å². The van der Waals surface area contributed by atoms with Crippen LogP contribution in [0.5, 0.6) is 0 Å². The second-order valence-corrected chi connectivity index (χ2v) is 5.60. The molecule has 1 aliphatic rings. The first kappa shape index (κ1) is 11.9. The van der Waals surface area contributed by atoms with Crippen molar-refractivity contribution in [2.24, 2.45) is 5.92 Å². The molecule has 2 heterocycles. The van der Waals surface area contributed by atoms with Gasteiger partial charge in [0.1, 0.15) is 0 Å². The number of rotatable bonds is 3. The van der Waals surface area contributed by atoms with Crippen molar-refractivity contribution in [3.05, 3.63) is 11.1 Å². The van der Waals surface area contributed by atoms with Gasteiger partial charge in [-0.25, -0.2) is 4.98 Å². The van der Waals surface area contributed by atoms with Gasteiger partial charge in [0.05, 0.1) is 11.0 Å². The Balaban J connectivity index is 1.97. The summed E-state index contributed by atoms with van der Waals surface area (Å²) in [6.07, 6.45) is 5.26. The molecule has 1 unspecified atom stereocenters. The van der Waals surface area contributed by atoms with Crippen molar-refractivity contribution < 1.29 is 5.11 Å². The van der Waals surface area contributed by atoms with E-state index in [4.69, 9.17) is 0 Å². The van der Waals surface area contributed by atoms with Gasteiger partial charge < -0.3 is 10.0 Å². The summed E-state index contributed by atoms with van der Waals surface area (Å²) in [4.78, 5) is 7.71. The van der Waals surface area contributed by atoms with E-state index < -0.39 is 0 Å². The van der Waals surface area contributed by atoms with Crippen LogP contribution in [-0.2, 0) is 0 Å². The van der Waals surface area contributed by atoms with Gasteiger partial charge in [-0.3, -0.25) is 0 Å². The van der Waals surface area contributed by atoms with Crippen molar-refractivity contribution in [3.63, 3.8) is 0 Å². The van der Waals surface area contributed by atoms with Crippen LogP contribution in [0.25, 0.3) is 0 Å². The molecule has 2 rings (SSSR count). The lowest BCUT2D eigenvalue weighted by Crippen LogP contribution is -2.33. The maximum atomic E-state index is 9.47. The van der Waals surface area contributed by atoms with Crippen molar-refractivity contribution in [3.8, 4) is 0 Å². The topological polar surface area (TPSA) is 36.4 Å². The maximum Gasteiger partial charge on any atom is 0.185 e. The van der Waals surface area contributed by atoms with Crippen LogP contribution < -0.4 is 4.90 Å². The molecule has 0 saturated carbocycles. The molecule has 0 radical (unpaired) electrons. The largest absolute Gasteiger partial charge is 0.388 e. The molecule has 1 aromatic rings. The smallest absolute Gasteiger partial charge is 0.185 e. The van der Waals surface area contributed by atoms with Gasteiger partial charge in [-0.15, -0.1) is 0 Å². The summed E-state index contributed by atoms with van der Waals surface area (Å²) >= 11 is 1.62.